The molecule has 0 amide bonds. The van der Waals surface area contributed by atoms with E-state index >= 15 is 0 Å². The van der Waals surface area contributed by atoms with Crippen LogP contribution in [0.3, 0.4) is 0 Å². The molecule has 0 N–H and O–H groups in total. The molecule has 3 aromatic carbocycles. The number of fused-ring (bicyclic) bond motifs is 1. The Hall–Kier alpha value is -3.74. The van der Waals surface area contributed by atoms with Crippen LogP contribution in [0.4, 0.5) is 0 Å². The lowest BCUT2D eigenvalue weighted by Crippen LogP contribution is -2.40. The highest BCUT2D eigenvalue weighted by molar-refractivity contribution is 7.07. The van der Waals surface area contributed by atoms with Gasteiger partial charge < -0.3 is 4.74 Å². The number of hydrogen-bond donors (Lipinski definition) is 0. The lowest BCUT2D eigenvalue weighted by Gasteiger charge is -2.25. The molecule has 0 aliphatic carbocycles. The van der Waals surface area contributed by atoms with Crippen molar-refractivity contribution >= 4 is 40.7 Å². The van der Waals surface area contributed by atoms with E-state index in [-0.39, 0.29) is 12.2 Å². The summed E-state index contributed by atoms with van der Waals surface area (Å²) < 4.78 is 7.53. The van der Waals surface area contributed by atoms with Gasteiger partial charge in [-0.1, -0.05) is 102 Å². The number of carbonyl (C=O) groups excluding carboxylic acids is 1. The van der Waals surface area contributed by atoms with Gasteiger partial charge >= 0.3 is 5.97 Å². The fourth-order valence-corrected chi connectivity index (χ4v) is 5.31. The van der Waals surface area contributed by atoms with Crippen molar-refractivity contribution in [2.45, 2.75) is 13.0 Å². The van der Waals surface area contributed by atoms with Crippen molar-refractivity contribution in [3.63, 3.8) is 0 Å². The third kappa shape index (κ3) is 4.38. The summed E-state index contributed by atoms with van der Waals surface area (Å²) in [6, 6.07) is 25.6. The molecular weight excluding hydrogens is 480 g/mol. The Morgan fingerprint density at radius 1 is 1.03 bits per heavy atom. The SMILES string of the molecule is CCOC(=O)C1=C(c2ccccc2)N=c2s/c(=C\c3ccccc3Cl)c(=O)n2C1c1ccccc1. The summed E-state index contributed by atoms with van der Waals surface area (Å²) in [4.78, 5) is 32.4. The van der Waals surface area contributed by atoms with Crippen molar-refractivity contribution in [1.29, 1.82) is 0 Å². The highest BCUT2D eigenvalue weighted by Crippen LogP contribution is 2.35. The van der Waals surface area contributed by atoms with Gasteiger partial charge in [-0.2, -0.15) is 0 Å². The van der Waals surface area contributed by atoms with E-state index in [0.29, 0.717) is 25.6 Å². The lowest BCUT2D eigenvalue weighted by molar-refractivity contribution is -0.138. The minimum atomic E-state index is -0.685. The second-order valence-electron chi connectivity index (χ2n) is 7.86. The molecule has 174 valence electrons. The number of hydrogen-bond acceptors (Lipinski definition) is 5. The zero-order valence-corrected chi connectivity index (χ0v) is 20.4. The minimum Gasteiger partial charge on any atom is -0.463 e. The molecule has 0 spiro atoms. The van der Waals surface area contributed by atoms with E-state index in [1.807, 2.05) is 78.9 Å². The summed E-state index contributed by atoms with van der Waals surface area (Å²) in [7, 11) is 0. The van der Waals surface area contributed by atoms with Crippen LogP contribution < -0.4 is 14.9 Å². The minimum absolute atomic E-state index is 0.211. The van der Waals surface area contributed by atoms with E-state index in [2.05, 4.69) is 0 Å². The average molecular weight is 501 g/mol. The van der Waals surface area contributed by atoms with Gasteiger partial charge in [-0.25, -0.2) is 9.79 Å². The van der Waals surface area contributed by atoms with Crippen LogP contribution in [0.25, 0.3) is 11.8 Å². The molecule has 1 aromatic heterocycles. The number of benzene rings is 3. The molecule has 35 heavy (non-hydrogen) atoms. The largest absolute Gasteiger partial charge is 0.463 e. The van der Waals surface area contributed by atoms with Crippen LogP contribution in [-0.2, 0) is 9.53 Å². The summed E-state index contributed by atoms with van der Waals surface area (Å²) in [6.45, 7) is 1.97. The molecule has 0 bridgehead atoms. The van der Waals surface area contributed by atoms with E-state index < -0.39 is 12.0 Å². The van der Waals surface area contributed by atoms with E-state index in [1.54, 1.807) is 23.6 Å². The molecule has 7 heteroatoms. The predicted octanol–water partition coefficient (Wildman–Crippen LogP) is 4.59. The Bertz CT molecular complexity index is 1610. The van der Waals surface area contributed by atoms with Crippen LogP contribution in [0.5, 0.6) is 0 Å². The van der Waals surface area contributed by atoms with Crippen molar-refractivity contribution in [2.24, 2.45) is 4.99 Å². The number of ether oxygens (including phenoxy) is 1. The van der Waals surface area contributed by atoms with Crippen molar-refractivity contribution in [3.05, 3.63) is 132 Å². The van der Waals surface area contributed by atoms with Crippen molar-refractivity contribution < 1.29 is 9.53 Å². The monoisotopic (exact) mass is 500 g/mol. The molecule has 5 nitrogen and oxygen atoms in total. The zero-order chi connectivity index (χ0) is 24.4. The number of rotatable bonds is 5. The van der Waals surface area contributed by atoms with Crippen LogP contribution in [0.2, 0.25) is 5.02 Å². The first-order chi connectivity index (χ1) is 17.1. The summed E-state index contributed by atoms with van der Waals surface area (Å²) in [5.41, 5.74) is 2.91. The predicted molar refractivity (Wildman–Crippen MR) is 139 cm³/mol. The Morgan fingerprint density at radius 2 is 1.69 bits per heavy atom. The third-order valence-electron chi connectivity index (χ3n) is 5.68. The Morgan fingerprint density at radius 3 is 2.37 bits per heavy atom. The van der Waals surface area contributed by atoms with Gasteiger partial charge in [-0.3, -0.25) is 9.36 Å². The quantitative estimate of drug-likeness (QED) is 0.377. The molecule has 0 radical (unpaired) electrons. The van der Waals surface area contributed by atoms with Gasteiger partial charge in [0.25, 0.3) is 5.56 Å². The first-order valence-corrected chi connectivity index (χ1v) is 12.4. The van der Waals surface area contributed by atoms with Crippen LogP contribution in [0.15, 0.2) is 100 Å². The fraction of sp³-hybridized carbons (Fsp3) is 0.107. The third-order valence-corrected chi connectivity index (χ3v) is 7.01. The molecule has 1 unspecified atom stereocenters. The average Bonchev–Trinajstić information content (AvgIpc) is 3.20. The second kappa shape index (κ2) is 9.86. The van der Waals surface area contributed by atoms with Gasteiger partial charge in [0.1, 0.15) is 0 Å². The molecule has 0 saturated carbocycles. The molecule has 1 aliphatic heterocycles. The standard InChI is InChI=1S/C28H21ClN2O3S/c1-2-34-27(33)23-24(18-11-5-3-6-12-18)30-28-31(25(23)19-13-7-4-8-14-19)26(32)22(35-28)17-20-15-9-10-16-21(20)29/h3-17,25H,2H2,1H3/b22-17-. The number of carbonyl (C=O) groups is 1. The molecule has 5 rings (SSSR count). The summed E-state index contributed by atoms with van der Waals surface area (Å²) in [6.07, 6.45) is 1.77. The number of halogens is 1. The molecule has 0 saturated heterocycles. The maximum absolute atomic E-state index is 13.7. The van der Waals surface area contributed by atoms with Crippen LogP contribution >= 0.6 is 22.9 Å². The maximum atomic E-state index is 13.7. The molecule has 4 aromatic rings. The van der Waals surface area contributed by atoms with E-state index in [0.717, 1.165) is 16.7 Å². The first kappa shape index (κ1) is 23.0. The number of thiazole rings is 1. The molecule has 1 atom stereocenters. The van der Waals surface area contributed by atoms with Gasteiger partial charge in [0, 0.05) is 10.6 Å². The number of esters is 1. The van der Waals surface area contributed by atoms with E-state index in [9.17, 15) is 9.59 Å². The van der Waals surface area contributed by atoms with Gasteiger partial charge in [0.05, 0.1) is 28.5 Å². The molecular formula is C28H21ClN2O3S. The Balaban J connectivity index is 1.84. The van der Waals surface area contributed by atoms with Gasteiger partial charge in [0.2, 0.25) is 0 Å². The molecule has 0 fully saturated rings. The summed E-state index contributed by atoms with van der Waals surface area (Å²) in [5.74, 6) is -0.496. The smallest absolute Gasteiger partial charge is 0.338 e. The van der Waals surface area contributed by atoms with Gasteiger partial charge in [-0.15, -0.1) is 0 Å². The fourth-order valence-electron chi connectivity index (χ4n) is 4.12. The maximum Gasteiger partial charge on any atom is 0.338 e. The second-order valence-corrected chi connectivity index (χ2v) is 9.28. The first-order valence-electron chi connectivity index (χ1n) is 11.2. The Labute approximate surface area is 210 Å². The molecule has 1 aliphatic rings. The zero-order valence-electron chi connectivity index (χ0n) is 18.9. The van der Waals surface area contributed by atoms with Crippen molar-refractivity contribution in [1.82, 2.24) is 4.57 Å². The van der Waals surface area contributed by atoms with Crippen LogP contribution in [-0.4, -0.2) is 17.1 Å². The normalized spacial score (nSPS) is 15.5. The number of nitrogens with zero attached hydrogens (tertiary/aromatic N) is 2. The highest BCUT2D eigenvalue weighted by atomic mass is 35.5. The summed E-state index contributed by atoms with van der Waals surface area (Å²) >= 11 is 7.62. The topological polar surface area (TPSA) is 60.7 Å². The highest BCUT2D eigenvalue weighted by Gasteiger charge is 2.35. The number of aromatic nitrogens is 1. The van der Waals surface area contributed by atoms with Gasteiger partial charge in [0.15, 0.2) is 4.80 Å². The van der Waals surface area contributed by atoms with Gasteiger partial charge in [-0.05, 0) is 30.2 Å². The Kier molecular flexibility index (Phi) is 6.49. The van der Waals surface area contributed by atoms with Crippen LogP contribution in [0, 0.1) is 0 Å². The lowest BCUT2D eigenvalue weighted by atomic mass is 9.93. The van der Waals surface area contributed by atoms with E-state index in [4.69, 9.17) is 21.3 Å². The van der Waals surface area contributed by atoms with Crippen molar-refractivity contribution in [2.75, 3.05) is 6.61 Å². The van der Waals surface area contributed by atoms with Crippen molar-refractivity contribution in [3.8, 4) is 0 Å². The van der Waals surface area contributed by atoms with E-state index in [1.165, 1.54) is 11.3 Å². The summed E-state index contributed by atoms with van der Waals surface area (Å²) in [5, 5.41) is 0.551. The van der Waals surface area contributed by atoms with Crippen LogP contribution in [0.1, 0.15) is 29.7 Å². The molecule has 2 heterocycles.